The van der Waals surface area contributed by atoms with Crippen molar-refractivity contribution in [2.24, 2.45) is 5.92 Å². The van der Waals surface area contributed by atoms with Crippen molar-refractivity contribution in [2.75, 3.05) is 0 Å². The topological polar surface area (TPSA) is 103 Å². The Kier molecular flexibility index (Phi) is 7.54. The molecule has 0 aliphatic carbocycles. The van der Waals surface area contributed by atoms with Crippen molar-refractivity contribution in [3.8, 4) is 11.4 Å². The van der Waals surface area contributed by atoms with E-state index in [9.17, 15) is 14.0 Å². The Labute approximate surface area is 206 Å². The second-order valence-corrected chi connectivity index (χ2v) is 9.73. The van der Waals surface area contributed by atoms with Gasteiger partial charge in [-0.05, 0) is 31.4 Å². The maximum Gasteiger partial charge on any atom is 0.330 e. The van der Waals surface area contributed by atoms with Gasteiger partial charge in [-0.15, -0.1) is 10.2 Å². The van der Waals surface area contributed by atoms with Crippen molar-refractivity contribution in [3.05, 3.63) is 56.7 Å². The fraction of sp³-hybridized carbons (Fsp3) is 0.458. The smallest absolute Gasteiger partial charge is 0.322 e. The monoisotopic (exact) mass is 499 g/mol. The molecule has 35 heavy (non-hydrogen) atoms. The zero-order chi connectivity index (χ0) is 25.1. The molecule has 11 heteroatoms. The molecular weight excluding hydrogens is 469 g/mol. The first-order valence-corrected chi connectivity index (χ1v) is 12.9. The summed E-state index contributed by atoms with van der Waals surface area (Å²) in [5.41, 5.74) is 0.324. The van der Waals surface area contributed by atoms with E-state index in [1.165, 1.54) is 22.4 Å². The maximum atomic E-state index is 14.5. The minimum absolute atomic E-state index is 0.294. The van der Waals surface area contributed by atoms with Crippen molar-refractivity contribution < 1.29 is 4.39 Å². The maximum absolute atomic E-state index is 14.5. The van der Waals surface area contributed by atoms with E-state index >= 15 is 0 Å². The number of fused-ring (bicyclic) bond motifs is 1. The summed E-state index contributed by atoms with van der Waals surface area (Å²) in [7, 11) is 0. The molecule has 1 aromatic carbocycles. The minimum atomic E-state index is -0.442. The molecule has 0 spiro atoms. The van der Waals surface area contributed by atoms with E-state index < -0.39 is 11.2 Å². The van der Waals surface area contributed by atoms with Gasteiger partial charge < -0.3 is 9.13 Å². The first-order chi connectivity index (χ1) is 16.8. The van der Waals surface area contributed by atoms with Gasteiger partial charge in [-0.25, -0.2) is 14.2 Å². The number of hydrogen-bond acceptors (Lipinski definition) is 6. The van der Waals surface area contributed by atoms with Gasteiger partial charge in [-0.2, -0.15) is 0 Å². The number of imidazole rings is 1. The van der Waals surface area contributed by atoms with E-state index in [1.54, 1.807) is 18.2 Å². The number of aryl methyl sites for hydroxylation is 2. The summed E-state index contributed by atoms with van der Waals surface area (Å²) in [6.07, 6.45) is 1.72. The number of H-pyrrole nitrogens is 1. The van der Waals surface area contributed by atoms with Crippen LogP contribution < -0.4 is 11.2 Å². The Balaban J connectivity index is 1.73. The molecule has 0 atom stereocenters. The highest BCUT2D eigenvalue weighted by molar-refractivity contribution is 7.98. The number of aromatic amines is 1. The molecule has 3 aromatic heterocycles. The summed E-state index contributed by atoms with van der Waals surface area (Å²) < 4.78 is 19.8. The van der Waals surface area contributed by atoms with Crippen LogP contribution in [0.4, 0.5) is 4.39 Å². The molecule has 0 aliphatic heterocycles. The van der Waals surface area contributed by atoms with Crippen molar-refractivity contribution in [1.29, 1.82) is 0 Å². The zero-order valence-electron chi connectivity index (χ0n) is 20.4. The average molecular weight is 500 g/mol. The predicted octanol–water partition coefficient (Wildman–Crippen LogP) is 4.05. The van der Waals surface area contributed by atoms with Gasteiger partial charge in [-0.3, -0.25) is 14.3 Å². The van der Waals surface area contributed by atoms with E-state index in [0.29, 0.717) is 64.8 Å². The molecule has 0 saturated heterocycles. The summed E-state index contributed by atoms with van der Waals surface area (Å²) in [5.74, 6) is 1.51. The fourth-order valence-corrected chi connectivity index (χ4v) is 4.98. The first-order valence-electron chi connectivity index (χ1n) is 11.9. The van der Waals surface area contributed by atoms with Crippen LogP contribution in [0.1, 0.15) is 46.4 Å². The van der Waals surface area contributed by atoms with Gasteiger partial charge in [0, 0.05) is 19.6 Å². The van der Waals surface area contributed by atoms with Crippen LogP contribution in [0.25, 0.3) is 22.6 Å². The Hall–Kier alpha value is -3.21. The van der Waals surface area contributed by atoms with Gasteiger partial charge >= 0.3 is 5.69 Å². The zero-order valence-corrected chi connectivity index (χ0v) is 21.2. The number of thioether (sulfide) groups is 1. The van der Waals surface area contributed by atoms with Crippen LogP contribution in [0.15, 0.2) is 39.0 Å². The van der Waals surface area contributed by atoms with Crippen molar-refractivity contribution in [1.82, 2.24) is 33.9 Å². The van der Waals surface area contributed by atoms with Gasteiger partial charge in [0.25, 0.3) is 5.56 Å². The third-order valence-corrected chi connectivity index (χ3v) is 6.69. The van der Waals surface area contributed by atoms with Crippen molar-refractivity contribution in [3.63, 3.8) is 0 Å². The lowest BCUT2D eigenvalue weighted by atomic mass is 10.2. The third-order valence-electron chi connectivity index (χ3n) is 5.73. The van der Waals surface area contributed by atoms with Crippen molar-refractivity contribution >= 4 is 22.9 Å². The van der Waals surface area contributed by atoms with Crippen LogP contribution >= 0.6 is 11.8 Å². The molecule has 4 aromatic rings. The minimum Gasteiger partial charge on any atom is -0.322 e. The van der Waals surface area contributed by atoms with Crippen LogP contribution in [-0.2, 0) is 25.4 Å². The number of aromatic nitrogens is 7. The largest absolute Gasteiger partial charge is 0.330 e. The van der Waals surface area contributed by atoms with E-state index in [4.69, 9.17) is 4.98 Å². The number of hydrogen-bond donors (Lipinski definition) is 1. The number of halogens is 1. The molecule has 0 fully saturated rings. The van der Waals surface area contributed by atoms with Gasteiger partial charge in [0.15, 0.2) is 22.1 Å². The Morgan fingerprint density at radius 2 is 1.86 bits per heavy atom. The normalized spacial score (nSPS) is 11.7. The van der Waals surface area contributed by atoms with Crippen LogP contribution in [0.3, 0.4) is 0 Å². The van der Waals surface area contributed by atoms with Crippen LogP contribution in [0.5, 0.6) is 0 Å². The number of nitrogens with zero attached hydrogens (tertiary/aromatic N) is 6. The Morgan fingerprint density at radius 3 is 2.54 bits per heavy atom. The second-order valence-electron chi connectivity index (χ2n) is 8.79. The molecule has 9 nitrogen and oxygen atoms in total. The van der Waals surface area contributed by atoms with Gasteiger partial charge in [0.1, 0.15) is 11.6 Å². The summed E-state index contributed by atoms with van der Waals surface area (Å²) >= 11 is 1.43. The number of unbranched alkanes of at least 4 members (excludes halogenated alkanes) is 1. The lowest BCUT2D eigenvalue weighted by Gasteiger charge is -2.13. The van der Waals surface area contributed by atoms with Gasteiger partial charge in [0.05, 0.1) is 11.3 Å². The van der Waals surface area contributed by atoms with Crippen LogP contribution in [-0.4, -0.2) is 33.9 Å². The molecule has 0 radical (unpaired) electrons. The highest BCUT2D eigenvalue weighted by Gasteiger charge is 2.21. The average Bonchev–Trinajstić information content (AvgIpc) is 3.38. The lowest BCUT2D eigenvalue weighted by molar-refractivity contribution is 0.496. The SMILES string of the molecule is CCCCn1c(=O)[nH]c(=O)c2c1nc(CSc1nnc(-c3ccccc3F)n1CC(C)C)n2CC. The second kappa shape index (κ2) is 10.6. The van der Waals surface area contributed by atoms with Crippen LogP contribution in [0.2, 0.25) is 0 Å². The molecule has 3 heterocycles. The highest BCUT2D eigenvalue weighted by Crippen LogP contribution is 2.29. The Morgan fingerprint density at radius 1 is 1.09 bits per heavy atom. The third kappa shape index (κ3) is 4.95. The van der Waals surface area contributed by atoms with E-state index in [2.05, 4.69) is 29.0 Å². The van der Waals surface area contributed by atoms with Crippen molar-refractivity contribution in [2.45, 2.75) is 71.1 Å². The summed E-state index contributed by atoms with van der Waals surface area (Å²) in [5, 5.41) is 9.29. The number of benzene rings is 1. The van der Waals surface area contributed by atoms with E-state index in [1.807, 2.05) is 23.0 Å². The molecule has 0 aliphatic rings. The molecular formula is C24H30FN7O2S. The summed E-state index contributed by atoms with van der Waals surface area (Å²) in [6, 6.07) is 6.53. The molecule has 186 valence electrons. The standard InChI is InChI=1S/C24H30FN7O2S/c1-5-7-12-31-21-19(22(33)27-23(31)34)30(6-2)18(26-21)14-35-24-29-28-20(32(24)13-15(3)4)16-10-8-9-11-17(16)25/h8-11,15H,5-7,12-14H2,1-4H3,(H,27,33,34). The van der Waals surface area contributed by atoms with E-state index in [-0.39, 0.29) is 5.82 Å². The molecule has 0 bridgehead atoms. The summed E-state index contributed by atoms with van der Waals surface area (Å²) in [4.78, 5) is 32.3. The lowest BCUT2D eigenvalue weighted by Crippen LogP contribution is -2.31. The Bertz CT molecular complexity index is 1450. The number of rotatable bonds is 10. The molecule has 4 rings (SSSR count). The van der Waals surface area contributed by atoms with E-state index in [0.717, 1.165) is 12.8 Å². The fourth-order valence-electron chi connectivity index (χ4n) is 4.09. The molecule has 0 amide bonds. The quantitative estimate of drug-likeness (QED) is 0.330. The molecule has 1 N–H and O–H groups in total. The predicted molar refractivity (Wildman–Crippen MR) is 135 cm³/mol. The highest BCUT2D eigenvalue weighted by atomic mass is 32.2. The molecule has 0 saturated carbocycles. The first kappa shape index (κ1) is 24.9. The summed E-state index contributed by atoms with van der Waals surface area (Å²) in [6.45, 7) is 9.79. The number of nitrogens with one attached hydrogen (secondary N) is 1. The molecule has 0 unspecified atom stereocenters. The van der Waals surface area contributed by atoms with Gasteiger partial charge in [0.2, 0.25) is 0 Å². The van der Waals surface area contributed by atoms with Gasteiger partial charge in [-0.1, -0.05) is 51.1 Å². The van der Waals surface area contributed by atoms with Crippen LogP contribution in [0, 0.1) is 11.7 Å².